The predicted molar refractivity (Wildman–Crippen MR) is 102 cm³/mol. The first-order valence-corrected chi connectivity index (χ1v) is 8.90. The molecule has 0 spiro atoms. The summed E-state index contributed by atoms with van der Waals surface area (Å²) in [6.45, 7) is 8.53. The lowest BCUT2D eigenvalue weighted by atomic mass is 9.75. The van der Waals surface area contributed by atoms with Gasteiger partial charge in [0.2, 0.25) is 0 Å². The van der Waals surface area contributed by atoms with Crippen LogP contribution in [0.4, 0.5) is 0 Å². The third kappa shape index (κ3) is 4.64. The van der Waals surface area contributed by atoms with Crippen molar-refractivity contribution in [3.8, 4) is 5.75 Å². The lowest BCUT2D eigenvalue weighted by Crippen LogP contribution is -2.41. The summed E-state index contributed by atoms with van der Waals surface area (Å²) < 4.78 is 22.9. The van der Waals surface area contributed by atoms with Gasteiger partial charge in [-0.3, -0.25) is 0 Å². The Morgan fingerprint density at radius 1 is 1.23 bits per heavy atom. The number of azide groups is 1. The Labute approximate surface area is 159 Å². The van der Waals surface area contributed by atoms with Gasteiger partial charge in [0, 0.05) is 23.6 Å². The number of hydrogen-bond acceptors (Lipinski definition) is 5. The van der Waals surface area contributed by atoms with Gasteiger partial charge in [-0.25, -0.2) is 0 Å². The number of nitrogens with zero attached hydrogens (tertiary/aromatic N) is 3. The predicted octanol–water partition coefficient (Wildman–Crippen LogP) is 3.86. The Hall–Kier alpha value is -1.44. The van der Waals surface area contributed by atoms with Crippen molar-refractivity contribution >= 4 is 24.2 Å². The van der Waals surface area contributed by atoms with Crippen LogP contribution in [0.1, 0.15) is 39.7 Å². The van der Waals surface area contributed by atoms with E-state index >= 15 is 0 Å². The summed E-state index contributed by atoms with van der Waals surface area (Å²) in [7, 11) is 0.999. The van der Waals surface area contributed by atoms with Gasteiger partial charge in [0.15, 0.2) is 6.79 Å². The van der Waals surface area contributed by atoms with E-state index in [-0.39, 0.29) is 6.79 Å². The fourth-order valence-corrected chi connectivity index (χ4v) is 2.97. The van der Waals surface area contributed by atoms with Crippen LogP contribution < -0.4 is 10.2 Å². The first-order chi connectivity index (χ1) is 12.2. The second kappa shape index (κ2) is 8.50. The van der Waals surface area contributed by atoms with E-state index in [2.05, 4.69) is 10.0 Å². The van der Waals surface area contributed by atoms with Gasteiger partial charge in [-0.1, -0.05) is 16.7 Å². The number of halogens is 1. The molecule has 1 aromatic carbocycles. The summed E-state index contributed by atoms with van der Waals surface area (Å²) in [4.78, 5) is 2.78. The quantitative estimate of drug-likeness (QED) is 0.171. The summed E-state index contributed by atoms with van der Waals surface area (Å²) in [5, 5.41) is 4.14. The zero-order valence-electron chi connectivity index (χ0n) is 15.9. The summed E-state index contributed by atoms with van der Waals surface area (Å²) in [6.07, 6.45) is 1.32. The molecule has 0 radical (unpaired) electrons. The number of benzene rings is 1. The van der Waals surface area contributed by atoms with E-state index in [4.69, 9.17) is 35.9 Å². The van der Waals surface area contributed by atoms with E-state index in [1.165, 1.54) is 0 Å². The van der Waals surface area contributed by atoms with Gasteiger partial charge in [0.1, 0.15) is 5.75 Å². The molecule has 0 unspecified atom stereocenters. The summed E-state index contributed by atoms with van der Waals surface area (Å²) in [5.74, 6) is 0.584. The van der Waals surface area contributed by atoms with E-state index in [1.807, 2.05) is 33.8 Å². The molecule has 0 aromatic heterocycles. The molecule has 0 atom stereocenters. The normalized spacial score (nSPS) is 17.8. The lowest BCUT2D eigenvalue weighted by molar-refractivity contribution is 0.00578. The summed E-state index contributed by atoms with van der Waals surface area (Å²) >= 11 is 6.51. The molecule has 1 aliphatic rings. The largest absolute Gasteiger partial charge is 0.495 e. The molecule has 0 N–H and O–H groups in total. The van der Waals surface area contributed by atoms with Crippen molar-refractivity contribution in [1.29, 1.82) is 0 Å². The first kappa shape index (κ1) is 20.9. The number of ether oxygens (including phenoxy) is 2. The van der Waals surface area contributed by atoms with Gasteiger partial charge in [0.05, 0.1) is 11.2 Å². The van der Waals surface area contributed by atoms with Gasteiger partial charge < -0.3 is 18.8 Å². The molecule has 1 aliphatic heterocycles. The molecular formula is C17H25BClN3O4. The van der Waals surface area contributed by atoms with Crippen molar-refractivity contribution in [3.63, 3.8) is 0 Å². The smallest absolute Gasteiger partial charge is 0.468 e. The number of hydrogen-bond donors (Lipinski definition) is 0. The standard InChI is InChI=1S/C17H25BClN3O4/c1-16(2)17(3,4)26-18(25-16)14-9-12(24-11-23-5)10-15(19)13(14)7-6-8-21-22-20/h9-10H,6-8,11H2,1-5H3. The van der Waals surface area contributed by atoms with E-state index in [1.54, 1.807) is 13.2 Å². The van der Waals surface area contributed by atoms with Gasteiger partial charge >= 0.3 is 7.12 Å². The molecule has 0 aliphatic carbocycles. The molecule has 1 aromatic rings. The topological polar surface area (TPSA) is 85.7 Å². The van der Waals surface area contributed by atoms with Crippen molar-refractivity contribution in [2.24, 2.45) is 5.11 Å². The van der Waals surface area contributed by atoms with Gasteiger partial charge in [-0.05, 0) is 69.2 Å². The molecule has 0 amide bonds. The highest BCUT2D eigenvalue weighted by Gasteiger charge is 2.52. The maximum absolute atomic E-state index is 8.44. The van der Waals surface area contributed by atoms with Crippen LogP contribution in [0.3, 0.4) is 0 Å². The highest BCUT2D eigenvalue weighted by atomic mass is 35.5. The minimum Gasteiger partial charge on any atom is -0.468 e. The van der Waals surface area contributed by atoms with Crippen molar-refractivity contribution in [2.45, 2.75) is 51.7 Å². The summed E-state index contributed by atoms with van der Waals surface area (Å²) in [5.41, 5.74) is 9.25. The Morgan fingerprint density at radius 3 is 2.46 bits per heavy atom. The van der Waals surface area contributed by atoms with E-state index < -0.39 is 18.3 Å². The third-order valence-corrected chi connectivity index (χ3v) is 5.14. The van der Waals surface area contributed by atoms with Crippen LogP contribution in [0.15, 0.2) is 17.2 Å². The van der Waals surface area contributed by atoms with Crippen molar-refractivity contribution in [1.82, 2.24) is 0 Å². The van der Waals surface area contributed by atoms with Crippen LogP contribution in [0.5, 0.6) is 5.75 Å². The maximum atomic E-state index is 8.44. The molecule has 1 fully saturated rings. The monoisotopic (exact) mass is 381 g/mol. The Morgan fingerprint density at radius 2 is 1.88 bits per heavy atom. The van der Waals surface area contributed by atoms with Gasteiger partial charge in [-0.2, -0.15) is 0 Å². The van der Waals surface area contributed by atoms with Crippen LogP contribution in [-0.2, 0) is 20.5 Å². The SMILES string of the molecule is COCOc1cc(Cl)c(CCCN=[N+]=[N-])c(B2OC(C)(C)C(C)(C)O2)c1. The number of methoxy groups -OCH3 is 1. The Kier molecular flexibility index (Phi) is 6.83. The molecule has 0 saturated carbocycles. The van der Waals surface area contributed by atoms with Crippen molar-refractivity contribution in [2.75, 3.05) is 20.4 Å². The van der Waals surface area contributed by atoms with Gasteiger partial charge in [0.25, 0.3) is 0 Å². The molecule has 7 nitrogen and oxygen atoms in total. The van der Waals surface area contributed by atoms with E-state index in [0.717, 1.165) is 11.0 Å². The molecule has 142 valence electrons. The maximum Gasteiger partial charge on any atom is 0.495 e. The van der Waals surface area contributed by atoms with Gasteiger partial charge in [-0.15, -0.1) is 0 Å². The Bertz CT molecular complexity index is 677. The Balaban J connectivity index is 2.36. The van der Waals surface area contributed by atoms with E-state index in [0.29, 0.717) is 30.2 Å². The first-order valence-electron chi connectivity index (χ1n) is 8.52. The van der Waals surface area contributed by atoms with Crippen LogP contribution in [0.25, 0.3) is 10.4 Å². The minimum absolute atomic E-state index is 0.120. The molecule has 1 heterocycles. The third-order valence-electron chi connectivity index (χ3n) is 4.80. The van der Waals surface area contributed by atoms with Crippen LogP contribution in [0, 0.1) is 0 Å². The highest BCUT2D eigenvalue weighted by molar-refractivity contribution is 6.63. The molecule has 1 saturated heterocycles. The molecule has 0 bridgehead atoms. The molecule has 9 heteroatoms. The van der Waals surface area contributed by atoms with Crippen LogP contribution in [0.2, 0.25) is 5.02 Å². The van der Waals surface area contributed by atoms with E-state index in [9.17, 15) is 0 Å². The zero-order chi connectivity index (χ0) is 19.4. The van der Waals surface area contributed by atoms with Crippen LogP contribution in [-0.4, -0.2) is 38.8 Å². The second-order valence-electron chi connectivity index (χ2n) is 7.17. The molecule has 26 heavy (non-hydrogen) atoms. The fourth-order valence-electron chi connectivity index (χ4n) is 2.66. The number of rotatable bonds is 8. The highest BCUT2D eigenvalue weighted by Crippen LogP contribution is 2.37. The molecular weight excluding hydrogens is 356 g/mol. The summed E-state index contributed by atoms with van der Waals surface area (Å²) in [6, 6.07) is 3.62. The molecule has 2 rings (SSSR count). The average Bonchev–Trinajstić information content (AvgIpc) is 2.78. The average molecular weight is 382 g/mol. The fraction of sp³-hybridized carbons (Fsp3) is 0.647. The lowest BCUT2D eigenvalue weighted by Gasteiger charge is -2.32. The van der Waals surface area contributed by atoms with Crippen LogP contribution >= 0.6 is 11.6 Å². The zero-order valence-corrected chi connectivity index (χ0v) is 16.7. The van der Waals surface area contributed by atoms with Crippen molar-refractivity contribution in [3.05, 3.63) is 33.2 Å². The van der Waals surface area contributed by atoms with Crippen molar-refractivity contribution < 1.29 is 18.8 Å². The minimum atomic E-state index is -0.557. The second-order valence-corrected chi connectivity index (χ2v) is 7.58.